The van der Waals surface area contributed by atoms with E-state index in [0.29, 0.717) is 37.3 Å². The number of alkyl halides is 3. The van der Waals surface area contributed by atoms with E-state index in [-0.39, 0.29) is 18.1 Å². The predicted molar refractivity (Wildman–Crippen MR) is 116 cm³/mol. The molecular weight excluding hydrogens is 435 g/mol. The van der Waals surface area contributed by atoms with Gasteiger partial charge in [0.15, 0.2) is 0 Å². The Labute approximate surface area is 188 Å². The topological polar surface area (TPSA) is 70.5 Å². The summed E-state index contributed by atoms with van der Waals surface area (Å²) in [6.07, 6.45) is -0.919. The minimum Gasteiger partial charge on any atom is -0.337 e. The standard InChI is InChI=1S/C23H22F3N5O2/c24-23(25,26)18-8-9-20(31-13-4-10-27-31)19(16-18)28-22(33)30-12-5-11-29(14-15-30)21(32)17-6-2-1-3-7-17/h1-4,6-10,13,16H,5,11-12,14-15H2,(H,28,33). The van der Waals surface area contributed by atoms with E-state index in [0.717, 1.165) is 12.1 Å². The van der Waals surface area contributed by atoms with E-state index < -0.39 is 17.8 Å². The summed E-state index contributed by atoms with van der Waals surface area (Å²) in [5.41, 5.74) is 0.0180. The van der Waals surface area contributed by atoms with Gasteiger partial charge in [0.2, 0.25) is 0 Å². The molecule has 2 aromatic carbocycles. The summed E-state index contributed by atoms with van der Waals surface area (Å²) in [7, 11) is 0. The van der Waals surface area contributed by atoms with Crippen LogP contribution in [0.25, 0.3) is 5.69 Å². The molecule has 4 rings (SSSR count). The molecule has 3 amide bonds. The van der Waals surface area contributed by atoms with Gasteiger partial charge in [-0.2, -0.15) is 18.3 Å². The molecule has 1 aromatic heterocycles. The van der Waals surface area contributed by atoms with E-state index >= 15 is 0 Å². The molecule has 1 aliphatic heterocycles. The Balaban J connectivity index is 1.49. The van der Waals surface area contributed by atoms with Gasteiger partial charge < -0.3 is 15.1 Å². The number of nitrogens with zero attached hydrogens (tertiary/aromatic N) is 4. The zero-order valence-electron chi connectivity index (χ0n) is 17.6. The lowest BCUT2D eigenvalue weighted by molar-refractivity contribution is -0.137. The highest BCUT2D eigenvalue weighted by Gasteiger charge is 2.32. The fourth-order valence-corrected chi connectivity index (χ4v) is 3.70. The van der Waals surface area contributed by atoms with Crippen LogP contribution in [-0.2, 0) is 6.18 Å². The summed E-state index contributed by atoms with van der Waals surface area (Å²) < 4.78 is 41.2. The van der Waals surface area contributed by atoms with E-state index in [1.54, 1.807) is 41.4 Å². The van der Waals surface area contributed by atoms with Crippen LogP contribution in [0.5, 0.6) is 0 Å². The van der Waals surface area contributed by atoms with E-state index in [1.807, 2.05) is 6.07 Å². The zero-order chi connectivity index (χ0) is 23.4. The molecule has 1 aliphatic rings. The van der Waals surface area contributed by atoms with Crippen molar-refractivity contribution in [3.63, 3.8) is 0 Å². The van der Waals surface area contributed by atoms with Crippen LogP contribution < -0.4 is 5.32 Å². The highest BCUT2D eigenvalue weighted by molar-refractivity contribution is 5.94. The summed E-state index contributed by atoms with van der Waals surface area (Å²) in [6.45, 7) is 1.45. The smallest absolute Gasteiger partial charge is 0.337 e. The number of aromatic nitrogens is 2. The largest absolute Gasteiger partial charge is 0.416 e. The predicted octanol–water partition coefficient (Wildman–Crippen LogP) is 4.27. The number of halogens is 3. The third-order valence-corrected chi connectivity index (χ3v) is 5.41. The molecule has 0 saturated carbocycles. The van der Waals surface area contributed by atoms with E-state index in [1.165, 1.54) is 21.8 Å². The Hall–Kier alpha value is -3.82. The minimum atomic E-state index is -4.55. The molecule has 10 heteroatoms. The lowest BCUT2D eigenvalue weighted by Crippen LogP contribution is -2.39. The summed E-state index contributed by atoms with van der Waals surface area (Å²) in [4.78, 5) is 28.9. The molecule has 1 fully saturated rings. The van der Waals surface area contributed by atoms with Crippen molar-refractivity contribution < 1.29 is 22.8 Å². The summed E-state index contributed by atoms with van der Waals surface area (Å²) in [5.74, 6) is -0.114. The van der Waals surface area contributed by atoms with Gasteiger partial charge in [0, 0.05) is 44.1 Å². The van der Waals surface area contributed by atoms with E-state index in [2.05, 4.69) is 10.4 Å². The second-order valence-corrected chi connectivity index (χ2v) is 7.61. The average Bonchev–Trinajstić information content (AvgIpc) is 3.22. The Kier molecular flexibility index (Phi) is 6.34. The quantitative estimate of drug-likeness (QED) is 0.639. The van der Waals surface area contributed by atoms with Crippen molar-refractivity contribution >= 4 is 17.6 Å². The van der Waals surface area contributed by atoms with E-state index in [4.69, 9.17) is 0 Å². The summed E-state index contributed by atoms with van der Waals surface area (Å²) >= 11 is 0. The number of carbonyl (C=O) groups is 2. The number of rotatable bonds is 3. The molecule has 1 saturated heterocycles. The maximum atomic E-state index is 13.3. The van der Waals surface area contributed by atoms with Gasteiger partial charge in [-0.1, -0.05) is 18.2 Å². The number of anilines is 1. The average molecular weight is 457 g/mol. The second-order valence-electron chi connectivity index (χ2n) is 7.61. The third kappa shape index (κ3) is 5.16. The van der Waals surface area contributed by atoms with Gasteiger partial charge in [0.1, 0.15) is 0 Å². The van der Waals surface area contributed by atoms with Gasteiger partial charge in [-0.15, -0.1) is 0 Å². The Morgan fingerprint density at radius 3 is 2.33 bits per heavy atom. The van der Waals surface area contributed by atoms with Crippen molar-refractivity contribution in [3.05, 3.63) is 78.1 Å². The number of nitrogens with one attached hydrogen (secondary N) is 1. The Morgan fingerprint density at radius 2 is 1.64 bits per heavy atom. The number of carbonyl (C=O) groups excluding carboxylic acids is 2. The van der Waals surface area contributed by atoms with Crippen molar-refractivity contribution in [2.24, 2.45) is 0 Å². The fourth-order valence-electron chi connectivity index (χ4n) is 3.70. The second kappa shape index (κ2) is 9.35. The van der Waals surface area contributed by atoms with Gasteiger partial charge in [-0.25, -0.2) is 9.48 Å². The monoisotopic (exact) mass is 457 g/mol. The molecule has 0 radical (unpaired) electrons. The molecule has 0 spiro atoms. The first-order chi connectivity index (χ1) is 15.8. The fraction of sp³-hybridized carbons (Fsp3) is 0.261. The minimum absolute atomic E-state index is 0.00000925. The van der Waals surface area contributed by atoms with Crippen molar-refractivity contribution in [2.45, 2.75) is 12.6 Å². The normalized spacial score (nSPS) is 14.6. The molecule has 7 nitrogen and oxygen atoms in total. The molecule has 33 heavy (non-hydrogen) atoms. The summed E-state index contributed by atoms with van der Waals surface area (Å²) in [6, 6.07) is 13.1. The van der Waals surface area contributed by atoms with Crippen LogP contribution in [-0.4, -0.2) is 57.7 Å². The maximum Gasteiger partial charge on any atom is 0.416 e. The van der Waals surface area contributed by atoms with E-state index in [9.17, 15) is 22.8 Å². The number of amides is 3. The third-order valence-electron chi connectivity index (χ3n) is 5.41. The summed E-state index contributed by atoms with van der Waals surface area (Å²) in [5, 5.41) is 6.67. The molecule has 3 aromatic rings. The molecule has 172 valence electrons. The first-order valence-corrected chi connectivity index (χ1v) is 10.4. The van der Waals surface area contributed by atoms with Crippen LogP contribution in [0.2, 0.25) is 0 Å². The maximum absolute atomic E-state index is 13.3. The number of urea groups is 1. The SMILES string of the molecule is O=C(Nc1cc(C(F)(F)F)ccc1-n1cccn1)N1CCCN(C(=O)c2ccccc2)CC1. The molecule has 0 unspecified atom stereocenters. The van der Waals surface area contributed by atoms with Crippen LogP contribution in [0.3, 0.4) is 0 Å². The van der Waals surface area contributed by atoms with Crippen LogP contribution >= 0.6 is 0 Å². The highest BCUT2D eigenvalue weighted by atomic mass is 19.4. The number of benzene rings is 2. The van der Waals surface area contributed by atoms with Crippen molar-refractivity contribution in [2.75, 3.05) is 31.5 Å². The highest BCUT2D eigenvalue weighted by Crippen LogP contribution is 2.33. The van der Waals surface area contributed by atoms with Crippen LogP contribution in [0.4, 0.5) is 23.7 Å². The van der Waals surface area contributed by atoms with Crippen molar-refractivity contribution in [1.82, 2.24) is 19.6 Å². The Morgan fingerprint density at radius 1 is 0.909 bits per heavy atom. The van der Waals surface area contributed by atoms with Gasteiger partial charge in [0.05, 0.1) is 16.9 Å². The molecular formula is C23H22F3N5O2. The van der Waals surface area contributed by atoms with Gasteiger partial charge >= 0.3 is 12.2 Å². The van der Waals surface area contributed by atoms with Gasteiger partial charge in [0.25, 0.3) is 5.91 Å². The molecule has 0 aliphatic carbocycles. The molecule has 1 N–H and O–H groups in total. The van der Waals surface area contributed by atoms with Crippen molar-refractivity contribution in [3.8, 4) is 5.69 Å². The van der Waals surface area contributed by atoms with Gasteiger partial charge in [-0.05, 0) is 42.8 Å². The van der Waals surface area contributed by atoms with Crippen molar-refractivity contribution in [1.29, 1.82) is 0 Å². The zero-order valence-corrected chi connectivity index (χ0v) is 17.6. The first kappa shape index (κ1) is 22.4. The molecule has 2 heterocycles. The van der Waals surface area contributed by atoms with Crippen LogP contribution in [0.15, 0.2) is 67.0 Å². The van der Waals surface area contributed by atoms with Gasteiger partial charge in [-0.3, -0.25) is 4.79 Å². The van der Waals surface area contributed by atoms with Crippen LogP contribution in [0.1, 0.15) is 22.3 Å². The Bertz CT molecular complexity index is 1120. The number of hydrogen-bond donors (Lipinski definition) is 1. The molecule has 0 bridgehead atoms. The molecule has 0 atom stereocenters. The number of hydrogen-bond acceptors (Lipinski definition) is 3. The first-order valence-electron chi connectivity index (χ1n) is 10.4. The lowest BCUT2D eigenvalue weighted by atomic mass is 10.1. The van der Waals surface area contributed by atoms with Crippen LogP contribution in [0, 0.1) is 0 Å². The lowest BCUT2D eigenvalue weighted by Gasteiger charge is -2.23.